The fourth-order valence-corrected chi connectivity index (χ4v) is 2.59. The summed E-state index contributed by atoms with van der Waals surface area (Å²) >= 11 is 0. The van der Waals surface area contributed by atoms with E-state index in [2.05, 4.69) is 10.6 Å². The highest BCUT2D eigenvalue weighted by Crippen LogP contribution is 2.29. The monoisotopic (exact) mass is 429 g/mol. The second kappa shape index (κ2) is 11.3. The Labute approximate surface area is 178 Å². The van der Waals surface area contributed by atoms with E-state index in [1.165, 1.54) is 32.2 Å². The Morgan fingerprint density at radius 1 is 1.13 bits per heavy atom. The lowest BCUT2D eigenvalue weighted by Gasteiger charge is -2.14. The van der Waals surface area contributed by atoms with E-state index in [0.717, 1.165) is 5.56 Å². The topological polar surface area (TPSA) is 137 Å². The number of methoxy groups -OCH3 is 1. The van der Waals surface area contributed by atoms with Crippen LogP contribution < -0.4 is 15.4 Å². The van der Waals surface area contributed by atoms with Gasteiger partial charge in [0.2, 0.25) is 5.91 Å². The molecule has 2 rings (SSSR count). The van der Waals surface area contributed by atoms with Gasteiger partial charge in [-0.15, -0.1) is 0 Å². The molecule has 0 fully saturated rings. The van der Waals surface area contributed by atoms with Crippen molar-refractivity contribution in [1.82, 2.24) is 5.32 Å². The Bertz CT molecular complexity index is 947. The average molecular weight is 429 g/mol. The zero-order chi connectivity index (χ0) is 22.8. The van der Waals surface area contributed by atoms with Crippen molar-refractivity contribution in [2.45, 2.75) is 25.9 Å². The van der Waals surface area contributed by atoms with E-state index >= 15 is 0 Å². The van der Waals surface area contributed by atoms with Gasteiger partial charge in [0.05, 0.1) is 30.9 Å². The first-order valence-corrected chi connectivity index (χ1v) is 9.43. The van der Waals surface area contributed by atoms with Crippen molar-refractivity contribution in [2.24, 2.45) is 0 Å². The van der Waals surface area contributed by atoms with Crippen LogP contribution in [0.2, 0.25) is 0 Å². The first-order valence-electron chi connectivity index (χ1n) is 9.43. The molecule has 164 valence electrons. The molecule has 0 saturated heterocycles. The molecule has 0 heterocycles. The maximum atomic E-state index is 12.3. The Morgan fingerprint density at radius 3 is 2.48 bits per heavy atom. The molecule has 0 saturated carbocycles. The molecule has 0 radical (unpaired) electrons. The molecule has 31 heavy (non-hydrogen) atoms. The largest absolute Gasteiger partial charge is 0.496 e. The van der Waals surface area contributed by atoms with Gasteiger partial charge in [-0.3, -0.25) is 24.5 Å². The van der Waals surface area contributed by atoms with Crippen molar-refractivity contribution < 1.29 is 28.8 Å². The summed E-state index contributed by atoms with van der Waals surface area (Å²) in [6, 6.07) is 13.1. The number of hydrogen-bond donors (Lipinski definition) is 2. The molecule has 1 atom stereocenters. The number of carbonyl (C=O) groups excluding carboxylic acids is 3. The third kappa shape index (κ3) is 7.42. The van der Waals surface area contributed by atoms with Crippen molar-refractivity contribution in [2.75, 3.05) is 19.0 Å². The van der Waals surface area contributed by atoms with Crippen molar-refractivity contribution in [3.05, 3.63) is 64.2 Å². The third-order valence-electron chi connectivity index (χ3n) is 4.20. The Morgan fingerprint density at radius 2 is 1.84 bits per heavy atom. The zero-order valence-corrected chi connectivity index (χ0v) is 17.1. The Balaban J connectivity index is 1.80. The van der Waals surface area contributed by atoms with Crippen LogP contribution in [0.4, 0.5) is 11.4 Å². The van der Waals surface area contributed by atoms with Gasteiger partial charge in [0, 0.05) is 6.54 Å². The molecular weight excluding hydrogens is 406 g/mol. The minimum absolute atomic E-state index is 0.0492. The number of nitrogens with one attached hydrogen (secondary N) is 2. The van der Waals surface area contributed by atoms with E-state index in [4.69, 9.17) is 9.47 Å². The van der Waals surface area contributed by atoms with Gasteiger partial charge in [-0.05, 0) is 24.6 Å². The van der Waals surface area contributed by atoms with E-state index in [1.54, 1.807) is 0 Å². The van der Waals surface area contributed by atoms with Gasteiger partial charge in [-0.1, -0.05) is 30.3 Å². The second-order valence-corrected chi connectivity index (χ2v) is 6.52. The molecule has 2 N–H and O–H groups in total. The molecule has 0 spiro atoms. The molecule has 2 aromatic rings. The summed E-state index contributed by atoms with van der Waals surface area (Å²) < 4.78 is 9.97. The molecule has 10 heteroatoms. The van der Waals surface area contributed by atoms with Crippen LogP contribution in [0.25, 0.3) is 0 Å². The van der Waals surface area contributed by atoms with E-state index < -0.39 is 22.9 Å². The molecule has 0 aliphatic rings. The summed E-state index contributed by atoms with van der Waals surface area (Å²) in [5.41, 5.74) is 0.444. The van der Waals surface area contributed by atoms with Gasteiger partial charge >= 0.3 is 5.97 Å². The molecule has 2 aromatic carbocycles. The van der Waals surface area contributed by atoms with Crippen LogP contribution in [0.15, 0.2) is 48.5 Å². The first kappa shape index (κ1) is 23.3. The molecular formula is C21H23N3O7. The summed E-state index contributed by atoms with van der Waals surface area (Å²) in [7, 11) is 1.36. The van der Waals surface area contributed by atoms with Crippen molar-refractivity contribution in [1.29, 1.82) is 0 Å². The van der Waals surface area contributed by atoms with Gasteiger partial charge in [0.15, 0.2) is 6.10 Å². The van der Waals surface area contributed by atoms with E-state index in [9.17, 15) is 24.5 Å². The number of ether oxygens (including phenoxy) is 2. The number of nitrogens with zero attached hydrogens (tertiary/aromatic N) is 1. The number of nitro benzene ring substituents is 1. The Kier molecular flexibility index (Phi) is 8.50. The van der Waals surface area contributed by atoms with Crippen molar-refractivity contribution in [3.63, 3.8) is 0 Å². The summed E-state index contributed by atoms with van der Waals surface area (Å²) in [5.74, 6) is -1.39. The number of hydrogen-bond acceptors (Lipinski definition) is 7. The zero-order valence-electron chi connectivity index (χ0n) is 17.1. The molecule has 0 aliphatic carbocycles. The molecule has 0 aromatic heterocycles. The third-order valence-corrected chi connectivity index (χ3v) is 4.20. The fourth-order valence-electron chi connectivity index (χ4n) is 2.59. The maximum absolute atomic E-state index is 12.3. The highest BCUT2D eigenvalue weighted by Gasteiger charge is 2.22. The van der Waals surface area contributed by atoms with E-state index in [-0.39, 0.29) is 42.4 Å². The summed E-state index contributed by atoms with van der Waals surface area (Å²) in [5, 5.41) is 16.2. The quantitative estimate of drug-likeness (QED) is 0.336. The summed E-state index contributed by atoms with van der Waals surface area (Å²) in [6.45, 7) is 1.40. The predicted octanol–water partition coefficient (Wildman–Crippen LogP) is 2.22. The highest BCUT2D eigenvalue weighted by molar-refractivity contribution is 5.97. The SMILES string of the molecule is COc1ccc(NC(=O)C(C)OC(=O)CCNC(=O)Cc2ccccc2)c([N+](=O)[O-])c1. The van der Waals surface area contributed by atoms with Crippen LogP contribution >= 0.6 is 0 Å². The van der Waals surface area contributed by atoms with Crippen LogP contribution in [0, 0.1) is 10.1 Å². The van der Waals surface area contributed by atoms with E-state index in [1.807, 2.05) is 30.3 Å². The minimum Gasteiger partial charge on any atom is -0.496 e. The van der Waals surface area contributed by atoms with Crippen molar-refractivity contribution >= 4 is 29.2 Å². The van der Waals surface area contributed by atoms with Crippen LogP contribution in [0.3, 0.4) is 0 Å². The second-order valence-electron chi connectivity index (χ2n) is 6.52. The van der Waals surface area contributed by atoms with Gasteiger partial charge in [-0.25, -0.2) is 0 Å². The molecule has 0 aliphatic heterocycles. The first-order chi connectivity index (χ1) is 14.8. The molecule has 2 amide bonds. The number of rotatable bonds is 10. The molecule has 1 unspecified atom stereocenters. The number of esters is 1. The number of carbonyl (C=O) groups is 3. The number of benzene rings is 2. The number of nitro groups is 1. The molecule has 0 bridgehead atoms. The van der Waals surface area contributed by atoms with Gasteiger partial charge in [0.25, 0.3) is 11.6 Å². The highest BCUT2D eigenvalue weighted by atomic mass is 16.6. The summed E-state index contributed by atoms with van der Waals surface area (Å²) in [4.78, 5) is 46.6. The van der Waals surface area contributed by atoms with Gasteiger partial charge in [-0.2, -0.15) is 0 Å². The lowest BCUT2D eigenvalue weighted by atomic mass is 10.1. The molecule has 10 nitrogen and oxygen atoms in total. The van der Waals surface area contributed by atoms with Crippen LogP contribution in [-0.2, 0) is 25.5 Å². The van der Waals surface area contributed by atoms with Crippen LogP contribution in [0.1, 0.15) is 18.9 Å². The van der Waals surface area contributed by atoms with Gasteiger partial charge < -0.3 is 20.1 Å². The van der Waals surface area contributed by atoms with Crippen molar-refractivity contribution in [3.8, 4) is 5.75 Å². The standard InChI is InChI=1S/C21H23N3O7/c1-14(21(27)23-17-9-8-16(30-2)13-18(17)24(28)29)31-20(26)10-11-22-19(25)12-15-6-4-3-5-7-15/h3-9,13-14H,10-12H2,1-2H3,(H,22,25)(H,23,27). The minimum atomic E-state index is -1.19. The van der Waals surface area contributed by atoms with Crippen LogP contribution in [0.5, 0.6) is 5.75 Å². The number of amides is 2. The van der Waals surface area contributed by atoms with E-state index in [0.29, 0.717) is 0 Å². The maximum Gasteiger partial charge on any atom is 0.308 e. The lowest BCUT2D eigenvalue weighted by molar-refractivity contribution is -0.384. The van der Waals surface area contributed by atoms with Gasteiger partial charge in [0.1, 0.15) is 11.4 Å². The normalized spacial score (nSPS) is 11.2. The Hall–Kier alpha value is -3.95. The van der Waals surface area contributed by atoms with Crippen LogP contribution in [-0.4, -0.2) is 42.5 Å². The smallest absolute Gasteiger partial charge is 0.308 e. The number of anilines is 1. The summed E-state index contributed by atoms with van der Waals surface area (Å²) in [6.07, 6.45) is -1.12. The predicted molar refractivity (Wildman–Crippen MR) is 112 cm³/mol. The lowest BCUT2D eigenvalue weighted by Crippen LogP contribution is -2.32. The average Bonchev–Trinajstić information content (AvgIpc) is 2.74. The fraction of sp³-hybridized carbons (Fsp3) is 0.286.